The quantitative estimate of drug-likeness (QED) is 0.323. The van der Waals surface area contributed by atoms with Gasteiger partial charge in [-0.25, -0.2) is 0 Å². The van der Waals surface area contributed by atoms with Crippen LogP contribution in [0.15, 0.2) is 48.6 Å². The van der Waals surface area contributed by atoms with Crippen LogP contribution in [0.3, 0.4) is 0 Å². The molecule has 1 aromatic rings. The van der Waals surface area contributed by atoms with E-state index in [1.54, 1.807) is 0 Å². The SMILES string of the molecule is CC[Si](CC)(CC)OCC/C=C/C=C/c1ccccc1. The lowest BCUT2D eigenvalue weighted by atomic mass is 10.2. The monoisotopic (exact) mass is 288 g/mol. The first kappa shape index (κ1) is 16.9. The van der Waals surface area contributed by atoms with Crippen molar-refractivity contribution in [2.75, 3.05) is 6.61 Å². The molecule has 0 aliphatic heterocycles. The lowest BCUT2D eigenvalue weighted by molar-refractivity contribution is 0.306. The van der Waals surface area contributed by atoms with Crippen LogP contribution in [0.5, 0.6) is 0 Å². The highest BCUT2D eigenvalue weighted by atomic mass is 28.4. The summed E-state index contributed by atoms with van der Waals surface area (Å²) in [7, 11) is -1.39. The molecule has 0 spiro atoms. The Balaban J connectivity index is 2.27. The smallest absolute Gasteiger partial charge is 0.191 e. The van der Waals surface area contributed by atoms with E-state index < -0.39 is 8.32 Å². The van der Waals surface area contributed by atoms with Crippen LogP contribution in [0, 0.1) is 0 Å². The molecule has 0 radical (unpaired) electrons. The van der Waals surface area contributed by atoms with E-state index in [0.717, 1.165) is 13.0 Å². The molecule has 0 aliphatic rings. The Morgan fingerprint density at radius 2 is 1.60 bits per heavy atom. The molecule has 0 saturated heterocycles. The maximum absolute atomic E-state index is 6.21. The molecule has 2 heteroatoms. The molecule has 0 bridgehead atoms. The van der Waals surface area contributed by atoms with Gasteiger partial charge in [-0.3, -0.25) is 0 Å². The predicted octanol–water partition coefficient (Wildman–Crippen LogP) is 5.67. The molecule has 1 aromatic carbocycles. The maximum atomic E-state index is 6.21. The molecular formula is C18H28OSi. The van der Waals surface area contributed by atoms with E-state index in [4.69, 9.17) is 4.43 Å². The summed E-state index contributed by atoms with van der Waals surface area (Å²) in [5, 5.41) is 0. The minimum atomic E-state index is -1.39. The summed E-state index contributed by atoms with van der Waals surface area (Å²) in [6.45, 7) is 7.70. The van der Waals surface area contributed by atoms with Crippen LogP contribution in [0.25, 0.3) is 6.08 Å². The van der Waals surface area contributed by atoms with E-state index in [0.29, 0.717) is 0 Å². The number of allylic oxidation sites excluding steroid dienone is 2. The summed E-state index contributed by atoms with van der Waals surface area (Å²) in [5.41, 5.74) is 1.24. The first-order valence-corrected chi connectivity index (χ1v) is 10.3. The van der Waals surface area contributed by atoms with Crippen molar-refractivity contribution in [3.8, 4) is 0 Å². The van der Waals surface area contributed by atoms with Crippen molar-refractivity contribution >= 4 is 14.4 Å². The van der Waals surface area contributed by atoms with Crippen molar-refractivity contribution in [2.45, 2.75) is 45.3 Å². The highest BCUT2D eigenvalue weighted by molar-refractivity contribution is 6.73. The second-order valence-corrected chi connectivity index (χ2v) is 9.85. The molecule has 0 saturated carbocycles. The van der Waals surface area contributed by atoms with Gasteiger partial charge in [0.25, 0.3) is 0 Å². The van der Waals surface area contributed by atoms with E-state index in [1.807, 2.05) is 6.07 Å². The van der Waals surface area contributed by atoms with Crippen LogP contribution in [0.4, 0.5) is 0 Å². The lowest BCUT2D eigenvalue weighted by Crippen LogP contribution is -2.35. The van der Waals surface area contributed by atoms with Crippen molar-refractivity contribution < 1.29 is 4.43 Å². The van der Waals surface area contributed by atoms with Gasteiger partial charge in [0.15, 0.2) is 8.32 Å². The van der Waals surface area contributed by atoms with Gasteiger partial charge < -0.3 is 4.43 Å². The second-order valence-electron chi connectivity index (χ2n) is 5.08. The van der Waals surface area contributed by atoms with E-state index >= 15 is 0 Å². The minimum Gasteiger partial charge on any atom is -0.417 e. The van der Waals surface area contributed by atoms with Crippen LogP contribution < -0.4 is 0 Å². The largest absolute Gasteiger partial charge is 0.417 e. The first-order valence-electron chi connectivity index (χ1n) is 7.78. The van der Waals surface area contributed by atoms with Gasteiger partial charge in [0.2, 0.25) is 0 Å². The number of rotatable bonds is 9. The zero-order chi connectivity index (χ0) is 14.7. The fourth-order valence-electron chi connectivity index (χ4n) is 2.31. The summed E-state index contributed by atoms with van der Waals surface area (Å²) in [6, 6.07) is 14.1. The summed E-state index contributed by atoms with van der Waals surface area (Å²) in [5.74, 6) is 0. The van der Waals surface area contributed by atoms with Crippen LogP contribution in [0.1, 0.15) is 32.8 Å². The zero-order valence-electron chi connectivity index (χ0n) is 13.1. The molecule has 0 heterocycles. The van der Waals surface area contributed by atoms with Gasteiger partial charge in [0, 0.05) is 6.61 Å². The summed E-state index contributed by atoms with van der Waals surface area (Å²) >= 11 is 0. The van der Waals surface area contributed by atoms with Gasteiger partial charge in [-0.15, -0.1) is 0 Å². The zero-order valence-corrected chi connectivity index (χ0v) is 14.1. The molecule has 20 heavy (non-hydrogen) atoms. The van der Waals surface area contributed by atoms with Crippen LogP contribution in [-0.4, -0.2) is 14.9 Å². The Hall–Kier alpha value is -1.12. The maximum Gasteiger partial charge on any atom is 0.191 e. The van der Waals surface area contributed by atoms with Crippen LogP contribution in [0.2, 0.25) is 18.1 Å². The molecule has 0 unspecified atom stereocenters. The molecule has 0 aromatic heterocycles. The molecule has 0 amide bonds. The van der Waals surface area contributed by atoms with Gasteiger partial charge >= 0.3 is 0 Å². The average Bonchev–Trinajstić information content (AvgIpc) is 2.52. The third-order valence-corrected chi connectivity index (χ3v) is 8.64. The Labute approximate surface area is 125 Å². The third kappa shape index (κ3) is 5.89. The Kier molecular flexibility index (Phi) is 8.24. The van der Waals surface area contributed by atoms with Gasteiger partial charge in [0.05, 0.1) is 0 Å². The molecule has 110 valence electrons. The van der Waals surface area contributed by atoms with E-state index in [2.05, 4.69) is 69.3 Å². The number of benzene rings is 1. The normalized spacial score (nSPS) is 12.6. The van der Waals surface area contributed by atoms with Crippen molar-refractivity contribution in [1.82, 2.24) is 0 Å². The second kappa shape index (κ2) is 9.73. The molecular weight excluding hydrogens is 260 g/mol. The fourth-order valence-corrected chi connectivity index (χ4v) is 4.97. The predicted molar refractivity (Wildman–Crippen MR) is 92.4 cm³/mol. The molecule has 1 nitrogen and oxygen atoms in total. The van der Waals surface area contributed by atoms with Crippen molar-refractivity contribution in [3.63, 3.8) is 0 Å². The fraction of sp³-hybridized carbons (Fsp3) is 0.444. The average molecular weight is 289 g/mol. The third-order valence-electron chi connectivity index (χ3n) is 3.96. The Morgan fingerprint density at radius 3 is 2.20 bits per heavy atom. The molecule has 0 N–H and O–H groups in total. The first-order chi connectivity index (χ1) is 9.76. The van der Waals surface area contributed by atoms with Crippen molar-refractivity contribution in [1.29, 1.82) is 0 Å². The summed E-state index contributed by atoms with van der Waals surface area (Å²) in [4.78, 5) is 0. The highest BCUT2D eigenvalue weighted by Gasteiger charge is 2.27. The number of hydrogen-bond donors (Lipinski definition) is 0. The minimum absolute atomic E-state index is 0.872. The number of hydrogen-bond acceptors (Lipinski definition) is 1. The highest BCUT2D eigenvalue weighted by Crippen LogP contribution is 2.21. The van der Waals surface area contributed by atoms with Gasteiger partial charge in [-0.1, -0.05) is 75.4 Å². The molecule has 1 rings (SSSR count). The Morgan fingerprint density at radius 1 is 0.950 bits per heavy atom. The van der Waals surface area contributed by atoms with E-state index in [9.17, 15) is 0 Å². The standard InChI is InChI=1S/C18H28OSi/c1-4-20(5-2,6-3)19-17-13-8-7-10-14-18-15-11-9-12-16-18/h7-12,14-16H,4-6,13,17H2,1-3H3/b8-7+,14-10+. The Bertz CT molecular complexity index is 396. The van der Waals surface area contributed by atoms with E-state index in [-0.39, 0.29) is 0 Å². The summed E-state index contributed by atoms with van der Waals surface area (Å²) in [6.07, 6.45) is 9.54. The van der Waals surface area contributed by atoms with Gasteiger partial charge in [-0.05, 0) is 30.1 Å². The lowest BCUT2D eigenvalue weighted by Gasteiger charge is -2.27. The van der Waals surface area contributed by atoms with Crippen molar-refractivity contribution in [2.24, 2.45) is 0 Å². The van der Waals surface area contributed by atoms with Gasteiger partial charge in [0.1, 0.15) is 0 Å². The van der Waals surface area contributed by atoms with Crippen molar-refractivity contribution in [3.05, 3.63) is 54.1 Å². The molecule has 0 aliphatic carbocycles. The van der Waals surface area contributed by atoms with E-state index in [1.165, 1.54) is 23.7 Å². The topological polar surface area (TPSA) is 9.23 Å². The van der Waals surface area contributed by atoms with Crippen LogP contribution in [-0.2, 0) is 4.43 Å². The van der Waals surface area contributed by atoms with Crippen LogP contribution >= 0.6 is 0 Å². The summed E-state index contributed by atoms with van der Waals surface area (Å²) < 4.78 is 6.21. The molecule has 0 atom stereocenters. The molecule has 0 fully saturated rings. The van der Waals surface area contributed by atoms with Gasteiger partial charge in [-0.2, -0.15) is 0 Å².